The molecule has 0 spiro atoms. The molecule has 0 bridgehead atoms. The van der Waals surface area contributed by atoms with Crippen LogP contribution in [0.5, 0.6) is 0 Å². The Kier molecular flexibility index (Phi) is 3.56. The summed E-state index contributed by atoms with van der Waals surface area (Å²) in [5.74, 6) is 0.502. The lowest BCUT2D eigenvalue weighted by Gasteiger charge is -2.14. The van der Waals surface area contributed by atoms with E-state index in [-0.39, 0.29) is 12.4 Å². The van der Waals surface area contributed by atoms with Crippen molar-refractivity contribution in [3.05, 3.63) is 46.4 Å². The highest BCUT2D eigenvalue weighted by Crippen LogP contribution is 2.22. The maximum absolute atomic E-state index is 13.0. The molecule has 6 nitrogen and oxygen atoms in total. The number of aryl methyl sites for hydroxylation is 1. The Morgan fingerprint density at radius 2 is 1.91 bits per heavy atom. The van der Waals surface area contributed by atoms with Gasteiger partial charge in [0.2, 0.25) is 0 Å². The summed E-state index contributed by atoms with van der Waals surface area (Å²) >= 11 is 0. The summed E-state index contributed by atoms with van der Waals surface area (Å²) in [7, 11) is 0. The van der Waals surface area contributed by atoms with E-state index in [1.165, 1.54) is 33.8 Å². The molecular formula is C15H17FN4O2. The fourth-order valence-electron chi connectivity index (χ4n) is 2.43. The van der Waals surface area contributed by atoms with Crippen LogP contribution in [0.2, 0.25) is 0 Å². The Hall–Kier alpha value is -2.44. The largest absolute Gasteiger partial charge is 0.354 e. The smallest absolute Gasteiger partial charge is 0.286 e. The Morgan fingerprint density at radius 3 is 2.50 bits per heavy atom. The summed E-state index contributed by atoms with van der Waals surface area (Å²) in [6, 6.07) is 5.14. The van der Waals surface area contributed by atoms with Crippen LogP contribution >= 0.6 is 0 Å². The molecule has 0 N–H and O–H groups in total. The minimum absolute atomic E-state index is 0.217. The molecule has 0 fully saturated rings. The maximum Gasteiger partial charge on any atom is 0.354 e. The number of halogens is 1. The zero-order chi connectivity index (χ0) is 15.9. The van der Waals surface area contributed by atoms with Gasteiger partial charge in [0.05, 0.1) is 6.54 Å². The topological polar surface area (TPSA) is 60.1 Å². The molecule has 1 aliphatic rings. The number of carbonyl (C=O) groups is 1. The number of fused-ring (bicyclic) bond motifs is 1. The first-order valence-corrected chi connectivity index (χ1v) is 7.23. The molecule has 2 aromatic rings. The monoisotopic (exact) mass is 304 g/mol. The minimum atomic E-state index is -0.442. The van der Waals surface area contributed by atoms with Gasteiger partial charge < -0.3 is 0 Å². The van der Waals surface area contributed by atoms with Crippen molar-refractivity contribution in [2.75, 3.05) is 4.90 Å². The van der Waals surface area contributed by atoms with Crippen molar-refractivity contribution in [2.24, 2.45) is 5.92 Å². The third-order valence-corrected chi connectivity index (χ3v) is 3.68. The Labute approximate surface area is 126 Å². The third-order valence-electron chi connectivity index (χ3n) is 3.68. The van der Waals surface area contributed by atoms with Crippen LogP contribution in [0.15, 0.2) is 29.1 Å². The third kappa shape index (κ3) is 2.43. The molecule has 22 heavy (non-hydrogen) atoms. The fourth-order valence-corrected chi connectivity index (χ4v) is 2.43. The van der Waals surface area contributed by atoms with Gasteiger partial charge >= 0.3 is 11.7 Å². The van der Waals surface area contributed by atoms with E-state index in [0.717, 1.165) is 11.0 Å². The van der Waals surface area contributed by atoms with Crippen LogP contribution < -0.4 is 10.6 Å². The summed E-state index contributed by atoms with van der Waals surface area (Å²) < 4.78 is 15.4. The zero-order valence-corrected chi connectivity index (χ0v) is 12.5. The van der Waals surface area contributed by atoms with Crippen molar-refractivity contribution in [3.63, 3.8) is 0 Å². The summed E-state index contributed by atoms with van der Waals surface area (Å²) in [5.41, 5.74) is 0.135. The van der Waals surface area contributed by atoms with Gasteiger partial charge in [-0.25, -0.2) is 18.7 Å². The molecule has 1 aromatic carbocycles. The molecular weight excluding hydrogens is 287 g/mol. The first-order valence-electron chi connectivity index (χ1n) is 7.23. The van der Waals surface area contributed by atoms with Gasteiger partial charge in [-0.05, 0) is 36.6 Å². The summed E-state index contributed by atoms with van der Waals surface area (Å²) in [4.78, 5) is 26.1. The number of nitrogens with zero attached hydrogens (tertiary/aromatic N) is 4. The summed E-state index contributed by atoms with van der Waals surface area (Å²) in [6.07, 6.45) is 0.826. The summed E-state index contributed by atoms with van der Waals surface area (Å²) in [6.45, 7) is 4.85. The minimum Gasteiger partial charge on any atom is -0.286 e. The number of rotatable bonds is 4. The second kappa shape index (κ2) is 5.40. The van der Waals surface area contributed by atoms with E-state index < -0.39 is 11.7 Å². The van der Waals surface area contributed by atoms with Crippen molar-refractivity contribution in [1.82, 2.24) is 14.3 Å². The number of hydrogen-bond donors (Lipinski definition) is 0. The second-order valence-corrected chi connectivity index (χ2v) is 5.79. The Morgan fingerprint density at radius 1 is 1.23 bits per heavy atom. The quantitative estimate of drug-likeness (QED) is 0.870. The molecule has 0 radical (unpaired) electrons. The SMILES string of the molecule is CC(C)CCn1nc2n(c1=O)C(=O)N(c1ccc(F)cc1)C2. The van der Waals surface area contributed by atoms with Crippen LogP contribution in [0, 0.1) is 11.7 Å². The van der Waals surface area contributed by atoms with Gasteiger partial charge in [-0.1, -0.05) is 13.8 Å². The molecule has 0 atom stereocenters. The van der Waals surface area contributed by atoms with Crippen LogP contribution in [0.3, 0.4) is 0 Å². The first-order chi connectivity index (χ1) is 10.5. The van der Waals surface area contributed by atoms with Crippen molar-refractivity contribution in [1.29, 1.82) is 0 Å². The van der Waals surface area contributed by atoms with Crippen LogP contribution in [0.1, 0.15) is 26.1 Å². The first kappa shape index (κ1) is 14.5. The molecule has 1 aromatic heterocycles. The van der Waals surface area contributed by atoms with E-state index >= 15 is 0 Å². The number of carbonyl (C=O) groups excluding carboxylic acids is 1. The highest BCUT2D eigenvalue weighted by Gasteiger charge is 2.33. The molecule has 1 aliphatic heterocycles. The fraction of sp³-hybridized carbons (Fsp3) is 0.400. The molecule has 0 unspecified atom stereocenters. The lowest BCUT2D eigenvalue weighted by atomic mass is 10.1. The second-order valence-electron chi connectivity index (χ2n) is 5.79. The van der Waals surface area contributed by atoms with Gasteiger partial charge in [0.15, 0.2) is 5.82 Å². The standard InChI is InChI=1S/C15H17FN4O2/c1-10(2)7-8-19-15(22)20-13(17-19)9-18(14(20)21)12-5-3-11(16)4-6-12/h3-6,10H,7-9H2,1-2H3. The molecule has 7 heteroatoms. The Balaban J connectivity index is 1.86. The lowest BCUT2D eigenvalue weighted by Crippen LogP contribution is -2.35. The van der Waals surface area contributed by atoms with Gasteiger partial charge in [-0.2, -0.15) is 9.67 Å². The van der Waals surface area contributed by atoms with Crippen molar-refractivity contribution < 1.29 is 9.18 Å². The van der Waals surface area contributed by atoms with Gasteiger partial charge in [0, 0.05) is 12.2 Å². The normalized spacial score (nSPS) is 14.0. The van der Waals surface area contributed by atoms with Gasteiger partial charge in [-0.3, -0.25) is 4.90 Å². The zero-order valence-electron chi connectivity index (χ0n) is 12.5. The molecule has 0 aliphatic carbocycles. The van der Waals surface area contributed by atoms with Crippen molar-refractivity contribution in [2.45, 2.75) is 33.4 Å². The van der Waals surface area contributed by atoms with Crippen LogP contribution in [-0.4, -0.2) is 20.4 Å². The van der Waals surface area contributed by atoms with E-state index in [0.29, 0.717) is 24.0 Å². The van der Waals surface area contributed by atoms with Crippen LogP contribution in [-0.2, 0) is 13.1 Å². The highest BCUT2D eigenvalue weighted by atomic mass is 19.1. The molecule has 3 rings (SSSR count). The predicted octanol–water partition coefficient (Wildman–Crippen LogP) is 2.22. The lowest BCUT2D eigenvalue weighted by molar-refractivity contribution is 0.249. The van der Waals surface area contributed by atoms with E-state index in [2.05, 4.69) is 18.9 Å². The maximum atomic E-state index is 13.0. The average Bonchev–Trinajstić information content (AvgIpc) is 2.96. The van der Waals surface area contributed by atoms with Gasteiger partial charge in [-0.15, -0.1) is 0 Å². The van der Waals surface area contributed by atoms with E-state index in [9.17, 15) is 14.0 Å². The molecule has 2 heterocycles. The van der Waals surface area contributed by atoms with Crippen molar-refractivity contribution in [3.8, 4) is 0 Å². The van der Waals surface area contributed by atoms with Crippen molar-refractivity contribution >= 4 is 11.7 Å². The van der Waals surface area contributed by atoms with E-state index in [1.54, 1.807) is 0 Å². The molecule has 0 saturated carbocycles. The predicted molar refractivity (Wildman–Crippen MR) is 79.3 cm³/mol. The van der Waals surface area contributed by atoms with Gasteiger partial charge in [0.25, 0.3) is 0 Å². The van der Waals surface area contributed by atoms with Crippen LogP contribution in [0.25, 0.3) is 0 Å². The number of benzene rings is 1. The van der Waals surface area contributed by atoms with Crippen LogP contribution in [0.4, 0.5) is 14.9 Å². The number of anilines is 1. The number of hydrogen-bond acceptors (Lipinski definition) is 3. The number of aromatic nitrogens is 3. The highest BCUT2D eigenvalue weighted by molar-refractivity contribution is 5.95. The van der Waals surface area contributed by atoms with E-state index in [4.69, 9.17) is 0 Å². The summed E-state index contributed by atoms with van der Waals surface area (Å²) in [5, 5.41) is 4.24. The number of amides is 1. The Bertz CT molecular complexity index is 761. The molecule has 116 valence electrons. The molecule has 1 amide bonds. The molecule has 0 saturated heterocycles. The van der Waals surface area contributed by atoms with E-state index in [1.807, 2.05) is 0 Å². The average molecular weight is 304 g/mol. The van der Waals surface area contributed by atoms with Gasteiger partial charge in [0.1, 0.15) is 5.82 Å².